The Morgan fingerprint density at radius 1 is 1.32 bits per heavy atom. The van der Waals surface area contributed by atoms with Crippen LogP contribution in [0.4, 0.5) is 0 Å². The second-order valence-corrected chi connectivity index (χ2v) is 6.81. The second kappa shape index (κ2) is 5.33. The van der Waals surface area contributed by atoms with E-state index in [0.29, 0.717) is 17.9 Å². The van der Waals surface area contributed by atoms with E-state index >= 15 is 0 Å². The van der Waals surface area contributed by atoms with E-state index in [4.69, 9.17) is 5.73 Å². The summed E-state index contributed by atoms with van der Waals surface area (Å²) in [6.45, 7) is 9.73. The molecule has 3 heteroatoms. The standard InChI is InChI=1S/C16H25N3/c1-11(9-16(2,3)4)7-15-18-13-6-5-12(10-17)8-14(13)19-15/h5-6,8,11H,7,9-10,17H2,1-4H3,(H,18,19). The Balaban J connectivity index is 2.13. The molecule has 0 fully saturated rings. The first-order chi connectivity index (χ1) is 8.87. The van der Waals surface area contributed by atoms with E-state index in [1.807, 2.05) is 12.1 Å². The third-order valence-corrected chi connectivity index (χ3v) is 3.33. The quantitative estimate of drug-likeness (QED) is 0.880. The molecule has 0 radical (unpaired) electrons. The lowest BCUT2D eigenvalue weighted by Gasteiger charge is -2.22. The molecular formula is C16H25N3. The molecule has 1 unspecified atom stereocenters. The van der Waals surface area contributed by atoms with Crippen LogP contribution in [0.5, 0.6) is 0 Å². The highest BCUT2D eigenvalue weighted by atomic mass is 14.9. The molecule has 3 nitrogen and oxygen atoms in total. The lowest BCUT2D eigenvalue weighted by molar-refractivity contribution is 0.304. The summed E-state index contributed by atoms with van der Waals surface area (Å²) in [7, 11) is 0. The van der Waals surface area contributed by atoms with Gasteiger partial charge in [-0.25, -0.2) is 4.98 Å². The summed E-state index contributed by atoms with van der Waals surface area (Å²) in [4.78, 5) is 8.08. The van der Waals surface area contributed by atoms with Gasteiger partial charge in [0.15, 0.2) is 0 Å². The van der Waals surface area contributed by atoms with Crippen LogP contribution in [0.3, 0.4) is 0 Å². The first-order valence-corrected chi connectivity index (χ1v) is 7.05. The Bertz CT molecular complexity index is 549. The van der Waals surface area contributed by atoms with Crippen LogP contribution in [0.2, 0.25) is 0 Å². The Labute approximate surface area is 115 Å². The van der Waals surface area contributed by atoms with Crippen LogP contribution in [0.1, 0.15) is 45.5 Å². The maximum Gasteiger partial charge on any atom is 0.107 e. The van der Waals surface area contributed by atoms with Crippen molar-refractivity contribution in [1.29, 1.82) is 0 Å². The topological polar surface area (TPSA) is 54.7 Å². The Kier molecular flexibility index (Phi) is 3.95. The number of aromatic nitrogens is 2. The van der Waals surface area contributed by atoms with Gasteiger partial charge in [-0.1, -0.05) is 33.8 Å². The van der Waals surface area contributed by atoms with Gasteiger partial charge in [0.05, 0.1) is 11.0 Å². The van der Waals surface area contributed by atoms with Crippen LogP contribution in [0.25, 0.3) is 11.0 Å². The van der Waals surface area contributed by atoms with Crippen molar-refractivity contribution in [2.75, 3.05) is 0 Å². The summed E-state index contributed by atoms with van der Waals surface area (Å²) in [5, 5.41) is 0. The lowest BCUT2D eigenvalue weighted by Crippen LogP contribution is -2.13. The predicted molar refractivity (Wildman–Crippen MR) is 80.9 cm³/mol. The van der Waals surface area contributed by atoms with Crippen LogP contribution in [0.15, 0.2) is 18.2 Å². The first-order valence-electron chi connectivity index (χ1n) is 7.05. The van der Waals surface area contributed by atoms with E-state index in [-0.39, 0.29) is 0 Å². The lowest BCUT2D eigenvalue weighted by atomic mass is 9.84. The molecule has 1 aromatic heterocycles. The molecule has 0 aliphatic heterocycles. The number of hydrogen-bond acceptors (Lipinski definition) is 2. The van der Waals surface area contributed by atoms with E-state index < -0.39 is 0 Å². The maximum absolute atomic E-state index is 5.66. The fourth-order valence-electron chi connectivity index (χ4n) is 2.78. The van der Waals surface area contributed by atoms with Crippen LogP contribution < -0.4 is 5.73 Å². The largest absolute Gasteiger partial charge is 0.342 e. The van der Waals surface area contributed by atoms with Gasteiger partial charge in [0.25, 0.3) is 0 Å². The van der Waals surface area contributed by atoms with E-state index in [9.17, 15) is 0 Å². The van der Waals surface area contributed by atoms with Gasteiger partial charge in [-0.3, -0.25) is 0 Å². The van der Waals surface area contributed by atoms with Gasteiger partial charge in [-0.05, 0) is 35.4 Å². The van der Waals surface area contributed by atoms with Gasteiger partial charge in [0.2, 0.25) is 0 Å². The van der Waals surface area contributed by atoms with Crippen LogP contribution in [-0.4, -0.2) is 9.97 Å². The van der Waals surface area contributed by atoms with Crippen molar-refractivity contribution < 1.29 is 0 Å². The number of nitrogens with two attached hydrogens (primary N) is 1. The number of benzene rings is 1. The number of rotatable bonds is 4. The maximum atomic E-state index is 5.66. The van der Waals surface area contributed by atoms with Gasteiger partial charge in [0, 0.05) is 13.0 Å². The fraction of sp³-hybridized carbons (Fsp3) is 0.562. The number of nitrogens with zero attached hydrogens (tertiary/aromatic N) is 1. The second-order valence-electron chi connectivity index (χ2n) is 6.81. The molecule has 0 aliphatic rings. The molecule has 0 amide bonds. The molecule has 1 heterocycles. The summed E-state index contributed by atoms with van der Waals surface area (Å²) >= 11 is 0. The molecule has 0 saturated heterocycles. The van der Waals surface area contributed by atoms with Gasteiger partial charge >= 0.3 is 0 Å². The zero-order chi connectivity index (χ0) is 14.0. The Morgan fingerprint density at radius 2 is 2.05 bits per heavy atom. The highest BCUT2D eigenvalue weighted by Gasteiger charge is 2.16. The molecule has 0 bridgehead atoms. The molecule has 2 aromatic rings. The first kappa shape index (κ1) is 14.1. The monoisotopic (exact) mass is 259 g/mol. The molecule has 3 N–H and O–H groups in total. The average Bonchev–Trinajstić information content (AvgIpc) is 2.66. The molecule has 1 aromatic carbocycles. The highest BCUT2D eigenvalue weighted by molar-refractivity contribution is 5.75. The molecule has 0 spiro atoms. The molecular weight excluding hydrogens is 234 g/mol. The summed E-state index contributed by atoms with van der Waals surface area (Å²) in [5.41, 5.74) is 9.32. The van der Waals surface area contributed by atoms with E-state index in [1.54, 1.807) is 0 Å². The van der Waals surface area contributed by atoms with Crippen molar-refractivity contribution in [3.8, 4) is 0 Å². The number of nitrogens with one attached hydrogen (secondary N) is 1. The van der Waals surface area contributed by atoms with Crippen molar-refractivity contribution in [3.05, 3.63) is 29.6 Å². The van der Waals surface area contributed by atoms with Crippen molar-refractivity contribution in [3.63, 3.8) is 0 Å². The van der Waals surface area contributed by atoms with E-state index in [0.717, 1.165) is 28.8 Å². The number of imidazole rings is 1. The number of aromatic amines is 1. The summed E-state index contributed by atoms with van der Waals surface area (Å²) in [6, 6.07) is 6.19. The zero-order valence-corrected chi connectivity index (χ0v) is 12.5. The van der Waals surface area contributed by atoms with Crippen molar-refractivity contribution in [2.24, 2.45) is 17.1 Å². The smallest absolute Gasteiger partial charge is 0.107 e. The summed E-state index contributed by atoms with van der Waals surface area (Å²) < 4.78 is 0. The zero-order valence-electron chi connectivity index (χ0n) is 12.5. The van der Waals surface area contributed by atoms with Crippen molar-refractivity contribution in [2.45, 2.75) is 47.1 Å². The molecule has 1 atom stereocenters. The molecule has 2 rings (SSSR count). The third kappa shape index (κ3) is 3.80. The van der Waals surface area contributed by atoms with Gasteiger partial charge < -0.3 is 10.7 Å². The highest BCUT2D eigenvalue weighted by Crippen LogP contribution is 2.26. The van der Waals surface area contributed by atoms with Crippen molar-refractivity contribution >= 4 is 11.0 Å². The normalized spacial score (nSPS) is 13.9. The summed E-state index contributed by atoms with van der Waals surface area (Å²) in [6.07, 6.45) is 2.21. The molecule has 104 valence electrons. The predicted octanol–water partition coefficient (Wildman–Crippen LogP) is 3.64. The Hall–Kier alpha value is -1.35. The number of hydrogen-bond donors (Lipinski definition) is 2. The Morgan fingerprint density at radius 3 is 2.68 bits per heavy atom. The minimum Gasteiger partial charge on any atom is -0.342 e. The minimum atomic E-state index is 0.373. The van der Waals surface area contributed by atoms with Crippen LogP contribution in [-0.2, 0) is 13.0 Å². The third-order valence-electron chi connectivity index (χ3n) is 3.33. The summed E-state index contributed by atoms with van der Waals surface area (Å²) in [5.74, 6) is 1.72. The van der Waals surface area contributed by atoms with Gasteiger partial charge in [-0.15, -0.1) is 0 Å². The van der Waals surface area contributed by atoms with E-state index in [1.165, 1.54) is 6.42 Å². The van der Waals surface area contributed by atoms with Gasteiger partial charge in [0.1, 0.15) is 5.82 Å². The van der Waals surface area contributed by atoms with Gasteiger partial charge in [-0.2, -0.15) is 0 Å². The molecule has 19 heavy (non-hydrogen) atoms. The molecule has 0 saturated carbocycles. The fourth-order valence-corrected chi connectivity index (χ4v) is 2.78. The molecule has 0 aliphatic carbocycles. The number of H-pyrrole nitrogens is 1. The van der Waals surface area contributed by atoms with Crippen LogP contribution >= 0.6 is 0 Å². The number of fused-ring (bicyclic) bond motifs is 1. The van der Waals surface area contributed by atoms with Crippen molar-refractivity contribution in [1.82, 2.24) is 9.97 Å². The average molecular weight is 259 g/mol. The SMILES string of the molecule is CC(Cc1nc2ccc(CN)cc2[nH]1)CC(C)(C)C. The van der Waals surface area contributed by atoms with Crippen LogP contribution in [0, 0.1) is 11.3 Å². The minimum absolute atomic E-state index is 0.373. The van der Waals surface area contributed by atoms with E-state index in [2.05, 4.69) is 43.7 Å².